The second-order valence-electron chi connectivity index (χ2n) is 7.85. The Morgan fingerprint density at radius 2 is 1.88 bits per heavy atom. The normalized spacial score (nSPS) is 15.4. The van der Waals surface area contributed by atoms with Crippen molar-refractivity contribution < 1.29 is 21.8 Å². The van der Waals surface area contributed by atoms with Gasteiger partial charge in [-0.2, -0.15) is 13.4 Å². The fourth-order valence-electron chi connectivity index (χ4n) is 3.34. The lowest BCUT2D eigenvalue weighted by molar-refractivity contribution is -0.116. The highest BCUT2D eigenvalue weighted by Crippen LogP contribution is 2.34. The van der Waals surface area contributed by atoms with Gasteiger partial charge in [0.05, 0.1) is 16.5 Å². The maximum Gasteiger partial charge on any atom is 0.332 e. The molecular formula is C21H24ClFN6O4S. The van der Waals surface area contributed by atoms with Crippen LogP contribution in [0.25, 0.3) is 0 Å². The number of carbonyl (C=O) groups is 1. The molecule has 3 rings (SSSR count). The van der Waals surface area contributed by atoms with Crippen LogP contribution in [0.4, 0.5) is 15.3 Å². The van der Waals surface area contributed by atoms with Crippen molar-refractivity contribution in [2.45, 2.75) is 37.2 Å². The van der Waals surface area contributed by atoms with Gasteiger partial charge in [0.1, 0.15) is 11.4 Å². The maximum atomic E-state index is 12.9. The first kappa shape index (κ1) is 25.2. The lowest BCUT2D eigenvalue weighted by atomic mass is 10.1. The van der Waals surface area contributed by atoms with Crippen LogP contribution in [0.3, 0.4) is 0 Å². The van der Waals surface area contributed by atoms with Gasteiger partial charge in [-0.25, -0.2) is 4.99 Å². The average molecular weight is 511 g/mol. The highest BCUT2D eigenvalue weighted by molar-refractivity contribution is 7.86. The Bertz CT molecular complexity index is 1250. The molecule has 0 radical (unpaired) electrons. The molecule has 1 heterocycles. The zero-order valence-electron chi connectivity index (χ0n) is 18.5. The minimum absolute atomic E-state index is 0.0959. The summed E-state index contributed by atoms with van der Waals surface area (Å²) >= 11 is 6.37. The molecule has 0 bridgehead atoms. The Balaban J connectivity index is 1.52. The number of anilines is 2. The number of rotatable bonds is 8. The van der Waals surface area contributed by atoms with Gasteiger partial charge in [-0.05, 0) is 62.7 Å². The minimum atomic E-state index is -4.78. The molecule has 0 saturated heterocycles. The topological polar surface area (TPSA) is 152 Å². The number of halogens is 2. The SMILES string of the molecule is CC1(C)N=C(N)N=C(N)N1c1ccc(OCCCC(=O)Nc2ccc(S(=O)(=O)F)cc2)c(Cl)c1. The summed E-state index contributed by atoms with van der Waals surface area (Å²) in [5.41, 5.74) is 12.0. The third-order valence-electron chi connectivity index (χ3n) is 4.79. The molecule has 5 N–H and O–H groups in total. The number of aliphatic imine (C=N–C) groups is 2. The van der Waals surface area contributed by atoms with Crippen molar-refractivity contribution in [2.24, 2.45) is 21.5 Å². The van der Waals surface area contributed by atoms with Gasteiger partial charge >= 0.3 is 10.2 Å². The molecular weight excluding hydrogens is 487 g/mol. The largest absolute Gasteiger partial charge is 0.492 e. The van der Waals surface area contributed by atoms with E-state index in [9.17, 15) is 17.1 Å². The summed E-state index contributed by atoms with van der Waals surface area (Å²) in [6.07, 6.45) is 0.543. The Morgan fingerprint density at radius 1 is 1.21 bits per heavy atom. The van der Waals surface area contributed by atoms with E-state index in [-0.39, 0.29) is 30.9 Å². The van der Waals surface area contributed by atoms with Crippen LogP contribution in [0.2, 0.25) is 5.02 Å². The Hall–Kier alpha value is -3.38. The number of nitrogens with two attached hydrogens (primary N) is 2. The van der Waals surface area contributed by atoms with E-state index < -0.39 is 20.8 Å². The minimum Gasteiger partial charge on any atom is -0.492 e. The fraction of sp³-hybridized carbons (Fsp3) is 0.286. The third kappa shape index (κ3) is 6.14. The predicted molar refractivity (Wildman–Crippen MR) is 129 cm³/mol. The fourth-order valence-corrected chi connectivity index (χ4v) is 4.03. The van der Waals surface area contributed by atoms with E-state index in [1.807, 2.05) is 13.8 Å². The molecule has 182 valence electrons. The summed E-state index contributed by atoms with van der Waals surface area (Å²) in [6.45, 7) is 3.90. The molecule has 0 saturated carbocycles. The molecule has 0 aromatic heterocycles. The molecule has 34 heavy (non-hydrogen) atoms. The van der Waals surface area contributed by atoms with Crippen LogP contribution in [0.5, 0.6) is 5.75 Å². The molecule has 2 aromatic carbocycles. The van der Waals surface area contributed by atoms with Crippen molar-refractivity contribution in [3.05, 3.63) is 47.5 Å². The Morgan fingerprint density at radius 3 is 2.47 bits per heavy atom. The molecule has 13 heteroatoms. The highest BCUT2D eigenvalue weighted by atomic mass is 35.5. The van der Waals surface area contributed by atoms with Crippen molar-refractivity contribution in [1.29, 1.82) is 0 Å². The third-order valence-corrected chi connectivity index (χ3v) is 5.92. The van der Waals surface area contributed by atoms with Crippen molar-refractivity contribution in [2.75, 3.05) is 16.8 Å². The van der Waals surface area contributed by atoms with Gasteiger partial charge in [0, 0.05) is 17.8 Å². The maximum absolute atomic E-state index is 12.9. The summed E-state index contributed by atoms with van der Waals surface area (Å²) in [5, 5.41) is 2.95. The molecule has 1 aliphatic heterocycles. The van der Waals surface area contributed by atoms with Gasteiger partial charge in [-0.1, -0.05) is 11.6 Å². The molecule has 0 unspecified atom stereocenters. The standard InChI is InChI=1S/C21H24ClFN6O4S/c1-21(2)28-19(24)27-20(25)29(21)14-7-10-17(16(22)12-14)33-11-3-4-18(30)26-13-5-8-15(9-6-13)34(23,31)32/h5-10,12H,3-4,11H2,1-2H3,(H,26,30)(H4,24,25,27,28). The quantitative estimate of drug-likeness (QED) is 0.364. The molecule has 10 nitrogen and oxygen atoms in total. The van der Waals surface area contributed by atoms with E-state index in [4.69, 9.17) is 27.8 Å². The van der Waals surface area contributed by atoms with Crippen LogP contribution >= 0.6 is 11.6 Å². The molecule has 2 aromatic rings. The molecule has 1 amide bonds. The first-order chi connectivity index (χ1) is 15.9. The number of ether oxygens (including phenoxy) is 1. The molecule has 1 aliphatic rings. The van der Waals surface area contributed by atoms with Crippen LogP contribution in [-0.2, 0) is 15.0 Å². The van der Waals surface area contributed by atoms with Gasteiger partial charge in [0.15, 0.2) is 0 Å². The van der Waals surface area contributed by atoms with Gasteiger partial charge in [0.25, 0.3) is 0 Å². The molecule has 0 spiro atoms. The van der Waals surface area contributed by atoms with E-state index in [1.54, 1.807) is 23.1 Å². The van der Waals surface area contributed by atoms with Gasteiger partial charge in [0.2, 0.25) is 17.8 Å². The summed E-state index contributed by atoms with van der Waals surface area (Å²) < 4.78 is 40.3. The Labute approximate surface area is 201 Å². The van der Waals surface area contributed by atoms with Crippen molar-refractivity contribution >= 4 is 51.0 Å². The number of benzene rings is 2. The summed E-state index contributed by atoms with van der Waals surface area (Å²) in [7, 11) is -4.78. The van der Waals surface area contributed by atoms with Crippen molar-refractivity contribution in [3.8, 4) is 5.75 Å². The van der Waals surface area contributed by atoms with Crippen LogP contribution in [-0.4, -0.2) is 38.5 Å². The van der Waals surface area contributed by atoms with E-state index in [1.165, 1.54) is 12.1 Å². The number of amides is 1. The lowest BCUT2D eigenvalue weighted by Gasteiger charge is -2.38. The number of hydrogen-bond donors (Lipinski definition) is 3. The second kappa shape index (κ2) is 9.85. The van der Waals surface area contributed by atoms with Crippen molar-refractivity contribution in [1.82, 2.24) is 0 Å². The Kier molecular flexibility index (Phi) is 7.32. The van der Waals surface area contributed by atoms with E-state index >= 15 is 0 Å². The number of nitrogens with one attached hydrogen (secondary N) is 1. The van der Waals surface area contributed by atoms with E-state index in [0.29, 0.717) is 28.6 Å². The highest BCUT2D eigenvalue weighted by Gasteiger charge is 2.33. The van der Waals surface area contributed by atoms with Crippen LogP contribution < -0.4 is 26.4 Å². The van der Waals surface area contributed by atoms with Gasteiger partial charge in [-0.15, -0.1) is 3.89 Å². The monoisotopic (exact) mass is 510 g/mol. The number of nitrogens with zero attached hydrogens (tertiary/aromatic N) is 3. The van der Waals surface area contributed by atoms with Gasteiger partial charge < -0.3 is 21.5 Å². The predicted octanol–water partition coefficient (Wildman–Crippen LogP) is 2.98. The first-order valence-corrected chi connectivity index (χ1v) is 11.9. The summed E-state index contributed by atoms with van der Waals surface area (Å²) in [4.78, 5) is 21.6. The molecule has 0 aliphatic carbocycles. The zero-order valence-corrected chi connectivity index (χ0v) is 20.0. The zero-order chi connectivity index (χ0) is 25.1. The van der Waals surface area contributed by atoms with Crippen LogP contribution in [0.15, 0.2) is 57.3 Å². The van der Waals surface area contributed by atoms with Crippen molar-refractivity contribution in [3.63, 3.8) is 0 Å². The first-order valence-electron chi connectivity index (χ1n) is 10.1. The summed E-state index contributed by atoms with van der Waals surface area (Å²) in [6, 6.07) is 9.88. The molecule has 0 atom stereocenters. The summed E-state index contributed by atoms with van der Waals surface area (Å²) in [5.74, 6) is 0.415. The average Bonchev–Trinajstić information content (AvgIpc) is 2.70. The smallest absolute Gasteiger partial charge is 0.332 e. The van der Waals surface area contributed by atoms with E-state index in [2.05, 4.69) is 15.3 Å². The number of guanidine groups is 2. The number of hydrogen-bond acceptors (Lipinski definition) is 9. The van der Waals surface area contributed by atoms with Gasteiger partial charge in [-0.3, -0.25) is 9.69 Å². The molecule has 0 fully saturated rings. The van der Waals surface area contributed by atoms with E-state index in [0.717, 1.165) is 12.1 Å². The second-order valence-corrected chi connectivity index (χ2v) is 9.60. The lowest BCUT2D eigenvalue weighted by Crippen LogP contribution is -2.54. The number of carbonyl (C=O) groups excluding carboxylic acids is 1. The van der Waals surface area contributed by atoms with Crippen LogP contribution in [0.1, 0.15) is 26.7 Å². The van der Waals surface area contributed by atoms with Crippen LogP contribution in [0, 0.1) is 0 Å².